The van der Waals surface area contributed by atoms with E-state index < -0.39 is 14.9 Å². The van der Waals surface area contributed by atoms with Crippen LogP contribution < -0.4 is 15.7 Å². The number of nitrogens with zero attached hydrogens (tertiary/aromatic N) is 1. The van der Waals surface area contributed by atoms with E-state index in [1.807, 2.05) is 0 Å². The molecule has 0 aliphatic heterocycles. The van der Waals surface area contributed by atoms with E-state index in [-0.39, 0.29) is 22.0 Å². The first kappa shape index (κ1) is 16.7. The first-order valence-corrected chi connectivity index (χ1v) is 8.49. The van der Waals surface area contributed by atoms with E-state index >= 15 is 0 Å². The Labute approximate surface area is 141 Å². The Morgan fingerprint density at radius 3 is 2.48 bits per heavy atom. The van der Waals surface area contributed by atoms with E-state index in [4.69, 9.17) is 0 Å². The fourth-order valence-corrected chi connectivity index (χ4v) is 3.08. The quantitative estimate of drug-likeness (QED) is 0.398. The Kier molecular flexibility index (Phi) is 4.02. The Morgan fingerprint density at radius 1 is 1.08 bits per heavy atom. The lowest BCUT2D eigenvalue weighted by Gasteiger charge is -2.09. The number of aromatic amines is 2. The van der Waals surface area contributed by atoms with Gasteiger partial charge in [-0.25, -0.2) is 17.9 Å². The normalized spacial score (nSPS) is 11.6. The smallest absolute Gasteiger partial charge is 0.323 e. The lowest BCUT2D eigenvalue weighted by Crippen LogP contribution is -2.18. The zero-order valence-electron chi connectivity index (χ0n) is 12.9. The van der Waals surface area contributed by atoms with Crippen molar-refractivity contribution in [1.82, 2.24) is 14.7 Å². The maximum atomic E-state index is 11.9. The second-order valence-corrected chi connectivity index (χ2v) is 6.99. The lowest BCUT2D eigenvalue weighted by molar-refractivity contribution is -0.384. The molecule has 0 saturated carbocycles. The van der Waals surface area contributed by atoms with Crippen molar-refractivity contribution in [3.8, 4) is 0 Å². The van der Waals surface area contributed by atoms with E-state index in [2.05, 4.69) is 20.0 Å². The summed E-state index contributed by atoms with van der Waals surface area (Å²) in [5, 5.41) is 14.0. The highest BCUT2D eigenvalue weighted by Crippen LogP contribution is 2.30. The highest BCUT2D eigenvalue weighted by molar-refractivity contribution is 7.89. The summed E-state index contributed by atoms with van der Waals surface area (Å²) in [5.41, 5.74) is 0.898. The first-order chi connectivity index (χ1) is 11.8. The maximum Gasteiger partial charge on any atom is 0.323 e. The molecule has 25 heavy (non-hydrogen) atoms. The number of rotatable bonds is 5. The number of fused-ring (bicyclic) bond motifs is 1. The number of benzene rings is 2. The highest BCUT2D eigenvalue weighted by atomic mass is 32.2. The molecule has 0 bridgehead atoms. The van der Waals surface area contributed by atoms with Crippen molar-refractivity contribution >= 4 is 38.1 Å². The van der Waals surface area contributed by atoms with E-state index in [1.54, 1.807) is 18.2 Å². The van der Waals surface area contributed by atoms with Crippen LogP contribution in [0.4, 0.5) is 17.1 Å². The Bertz CT molecular complexity index is 1130. The van der Waals surface area contributed by atoms with Crippen LogP contribution in [-0.4, -0.2) is 30.4 Å². The van der Waals surface area contributed by atoms with Gasteiger partial charge in [-0.1, -0.05) is 0 Å². The van der Waals surface area contributed by atoms with Gasteiger partial charge >= 0.3 is 5.69 Å². The van der Waals surface area contributed by atoms with Crippen molar-refractivity contribution in [3.05, 3.63) is 57.0 Å². The summed E-state index contributed by atoms with van der Waals surface area (Å²) >= 11 is 0. The summed E-state index contributed by atoms with van der Waals surface area (Å²) in [6.07, 6.45) is 0. The number of nitro groups is 1. The van der Waals surface area contributed by atoms with E-state index in [1.165, 1.54) is 13.1 Å². The molecule has 0 aliphatic rings. The number of nitro benzene ring substituents is 1. The maximum absolute atomic E-state index is 11.9. The van der Waals surface area contributed by atoms with Gasteiger partial charge in [0.1, 0.15) is 5.69 Å². The molecular formula is C14H13N5O5S. The van der Waals surface area contributed by atoms with Gasteiger partial charge in [0.15, 0.2) is 0 Å². The van der Waals surface area contributed by atoms with Gasteiger partial charge in [0, 0.05) is 11.8 Å². The topological polar surface area (TPSA) is 150 Å². The predicted molar refractivity (Wildman–Crippen MR) is 91.5 cm³/mol. The van der Waals surface area contributed by atoms with Crippen molar-refractivity contribution in [2.45, 2.75) is 4.90 Å². The van der Waals surface area contributed by atoms with Gasteiger partial charge in [-0.05, 0) is 37.4 Å². The molecule has 0 spiro atoms. The number of anilines is 2. The molecule has 1 heterocycles. The Balaban J connectivity index is 2.08. The van der Waals surface area contributed by atoms with E-state index in [0.717, 1.165) is 12.1 Å². The van der Waals surface area contributed by atoms with Crippen LogP contribution in [0.5, 0.6) is 0 Å². The first-order valence-electron chi connectivity index (χ1n) is 7.01. The number of imidazole rings is 1. The minimum atomic E-state index is -3.75. The number of sulfonamides is 1. The summed E-state index contributed by atoms with van der Waals surface area (Å²) in [5.74, 6) is 0. The molecule has 0 aliphatic carbocycles. The Hall–Kier alpha value is -3.18. The van der Waals surface area contributed by atoms with E-state index in [0.29, 0.717) is 16.7 Å². The van der Waals surface area contributed by atoms with Gasteiger partial charge in [0.05, 0.1) is 20.9 Å². The van der Waals surface area contributed by atoms with Gasteiger partial charge in [-0.3, -0.25) is 10.1 Å². The molecule has 3 rings (SSSR count). The zero-order chi connectivity index (χ0) is 18.2. The molecule has 0 radical (unpaired) electrons. The van der Waals surface area contributed by atoms with Gasteiger partial charge in [0.2, 0.25) is 10.0 Å². The molecule has 0 fully saturated rings. The Morgan fingerprint density at radius 2 is 1.80 bits per heavy atom. The van der Waals surface area contributed by atoms with Crippen LogP contribution in [0.3, 0.4) is 0 Å². The average Bonchev–Trinajstić information content (AvgIpc) is 2.93. The third-order valence-electron chi connectivity index (χ3n) is 3.54. The molecule has 0 unspecified atom stereocenters. The third-order valence-corrected chi connectivity index (χ3v) is 4.95. The minimum Gasteiger partial charge on any atom is -0.350 e. The summed E-state index contributed by atoms with van der Waals surface area (Å²) in [6.45, 7) is 0. The number of H-pyrrole nitrogens is 2. The third kappa shape index (κ3) is 3.22. The highest BCUT2D eigenvalue weighted by Gasteiger charge is 2.19. The molecule has 4 N–H and O–H groups in total. The standard InChI is InChI=1S/C14H13N5O5S/c1-15-25(23,24)9-3-5-13(19(21)22)12(7-9)16-8-2-4-10-11(6-8)18-14(20)17-10/h2-7,15-16H,1H3,(H2,17,18,20). The molecule has 3 aromatic rings. The van der Waals surface area contributed by atoms with Gasteiger partial charge in [-0.2, -0.15) is 0 Å². The van der Waals surface area contributed by atoms with Crippen molar-refractivity contribution in [2.24, 2.45) is 0 Å². The number of aromatic nitrogens is 2. The van der Waals surface area contributed by atoms with Crippen molar-refractivity contribution < 1.29 is 13.3 Å². The molecule has 130 valence electrons. The molecule has 0 amide bonds. The lowest BCUT2D eigenvalue weighted by atomic mass is 10.2. The number of hydrogen-bond donors (Lipinski definition) is 4. The number of hydrogen-bond acceptors (Lipinski definition) is 6. The average molecular weight is 363 g/mol. The zero-order valence-corrected chi connectivity index (χ0v) is 13.7. The molecule has 0 atom stereocenters. The fraction of sp³-hybridized carbons (Fsp3) is 0.0714. The molecule has 2 aromatic carbocycles. The van der Waals surface area contributed by atoms with Crippen molar-refractivity contribution in [1.29, 1.82) is 0 Å². The van der Waals surface area contributed by atoms with Crippen LogP contribution in [0.1, 0.15) is 0 Å². The molecule has 11 heteroatoms. The summed E-state index contributed by atoms with van der Waals surface area (Å²) < 4.78 is 26.0. The van der Waals surface area contributed by atoms with Crippen LogP contribution in [0.15, 0.2) is 46.1 Å². The summed E-state index contributed by atoms with van der Waals surface area (Å²) in [7, 11) is -2.50. The summed E-state index contributed by atoms with van der Waals surface area (Å²) in [4.78, 5) is 26.9. The monoisotopic (exact) mass is 363 g/mol. The molecule has 10 nitrogen and oxygen atoms in total. The second kappa shape index (κ2) is 6.03. The largest absolute Gasteiger partial charge is 0.350 e. The van der Waals surface area contributed by atoms with Gasteiger partial charge in [-0.15, -0.1) is 0 Å². The summed E-state index contributed by atoms with van der Waals surface area (Å²) in [6, 6.07) is 8.25. The minimum absolute atomic E-state index is 0.0126. The predicted octanol–water partition coefficient (Wildman–Crippen LogP) is 1.42. The van der Waals surface area contributed by atoms with Crippen molar-refractivity contribution in [2.75, 3.05) is 12.4 Å². The van der Waals surface area contributed by atoms with Crippen LogP contribution >= 0.6 is 0 Å². The van der Waals surface area contributed by atoms with Crippen LogP contribution in [0, 0.1) is 10.1 Å². The molecular weight excluding hydrogens is 350 g/mol. The van der Waals surface area contributed by atoms with Crippen LogP contribution in [0.25, 0.3) is 11.0 Å². The van der Waals surface area contributed by atoms with Crippen LogP contribution in [0.2, 0.25) is 0 Å². The number of nitrogens with one attached hydrogen (secondary N) is 4. The molecule has 0 saturated heterocycles. The van der Waals surface area contributed by atoms with Gasteiger partial charge < -0.3 is 15.3 Å². The fourth-order valence-electron chi connectivity index (χ4n) is 2.33. The second-order valence-electron chi connectivity index (χ2n) is 5.11. The molecule has 1 aromatic heterocycles. The SMILES string of the molecule is CNS(=O)(=O)c1ccc([N+](=O)[O-])c(Nc2ccc3[nH]c(=O)[nH]c3c2)c1. The van der Waals surface area contributed by atoms with E-state index in [9.17, 15) is 23.3 Å². The van der Waals surface area contributed by atoms with Crippen molar-refractivity contribution in [3.63, 3.8) is 0 Å². The van der Waals surface area contributed by atoms with Gasteiger partial charge in [0.25, 0.3) is 5.69 Å². The van der Waals surface area contributed by atoms with Crippen LogP contribution in [-0.2, 0) is 10.0 Å².